The number of nitrogens with two attached hydrogens (primary N) is 1. The van der Waals surface area contributed by atoms with Crippen molar-refractivity contribution in [3.63, 3.8) is 0 Å². The molecule has 2 aromatic heterocycles. The molecule has 3 heterocycles. The van der Waals surface area contributed by atoms with Gasteiger partial charge in [0.25, 0.3) is 5.91 Å². The summed E-state index contributed by atoms with van der Waals surface area (Å²) >= 11 is 0. The van der Waals surface area contributed by atoms with Gasteiger partial charge in [-0.25, -0.2) is 9.78 Å². The van der Waals surface area contributed by atoms with Gasteiger partial charge in [-0.15, -0.1) is 0 Å². The Morgan fingerprint density at radius 3 is 2.77 bits per heavy atom. The van der Waals surface area contributed by atoms with E-state index in [9.17, 15) is 14.7 Å². The van der Waals surface area contributed by atoms with Crippen LogP contribution in [-0.2, 0) is 11.3 Å². The number of nitrogen functional groups attached to an aromatic ring is 1. The van der Waals surface area contributed by atoms with Gasteiger partial charge in [-0.05, 0) is 37.3 Å². The molecule has 5 N–H and O–H groups in total. The minimum atomic E-state index is -1.59. The third-order valence-corrected chi connectivity index (χ3v) is 4.89. The van der Waals surface area contributed by atoms with Crippen LogP contribution in [-0.4, -0.2) is 39.2 Å². The van der Waals surface area contributed by atoms with Gasteiger partial charge in [0.05, 0.1) is 19.2 Å². The summed E-state index contributed by atoms with van der Waals surface area (Å²) in [6, 6.07) is 8.01. The molecule has 9 nitrogen and oxygen atoms in total. The molecule has 9 heteroatoms. The lowest BCUT2D eigenvalue weighted by atomic mass is 10.00. The molecular weight excluding hydrogens is 386 g/mol. The van der Waals surface area contributed by atoms with Gasteiger partial charge in [-0.2, -0.15) is 0 Å². The summed E-state index contributed by atoms with van der Waals surface area (Å²) in [5.41, 5.74) is 5.48. The highest BCUT2D eigenvalue weighted by molar-refractivity contribution is 6.09. The molecule has 1 aliphatic rings. The molecule has 1 atom stereocenters. The van der Waals surface area contributed by atoms with Gasteiger partial charge < -0.3 is 25.5 Å². The highest BCUT2D eigenvalue weighted by atomic mass is 16.5. The van der Waals surface area contributed by atoms with Gasteiger partial charge in [0.15, 0.2) is 5.88 Å². The fourth-order valence-corrected chi connectivity index (χ4v) is 3.32. The minimum absolute atomic E-state index is 0.0736. The van der Waals surface area contributed by atoms with Crippen LogP contribution in [0.2, 0.25) is 0 Å². The number of hydrogen-bond donors (Lipinski definition) is 4. The van der Waals surface area contributed by atoms with Crippen molar-refractivity contribution in [2.75, 3.05) is 12.8 Å². The predicted molar refractivity (Wildman–Crippen MR) is 110 cm³/mol. The zero-order chi connectivity index (χ0) is 21.5. The molecule has 1 fully saturated rings. The van der Waals surface area contributed by atoms with Crippen molar-refractivity contribution in [3.8, 4) is 23.5 Å². The number of anilines is 1. The van der Waals surface area contributed by atoms with Gasteiger partial charge in [0.2, 0.25) is 5.54 Å². The maximum Gasteiger partial charge on any atom is 0.323 e. The molecule has 1 aliphatic heterocycles. The van der Waals surface area contributed by atoms with Gasteiger partial charge in [0, 0.05) is 22.7 Å². The van der Waals surface area contributed by atoms with Crippen molar-refractivity contribution >= 4 is 28.5 Å². The first kappa shape index (κ1) is 19.1. The predicted octanol–water partition coefficient (Wildman–Crippen LogP) is 1.27. The number of carbonyl (C=O) groups is 2. The molecule has 152 valence electrons. The van der Waals surface area contributed by atoms with Crippen LogP contribution in [0.5, 0.6) is 11.6 Å². The summed E-state index contributed by atoms with van der Waals surface area (Å²) in [7, 11) is 1.53. The highest BCUT2D eigenvalue weighted by Crippen LogP contribution is 2.32. The number of imide groups is 1. The third kappa shape index (κ3) is 3.24. The van der Waals surface area contributed by atoms with Crippen molar-refractivity contribution in [1.82, 2.24) is 20.2 Å². The van der Waals surface area contributed by atoms with E-state index in [1.165, 1.54) is 11.7 Å². The number of ether oxygens (including phenoxy) is 1. The Morgan fingerprint density at radius 2 is 2.10 bits per heavy atom. The lowest BCUT2D eigenvalue weighted by Gasteiger charge is -2.20. The SMILES string of the molecule is COc1ccc2cn(C[C@@]3(C#Cc4ccc(C)nc4N)NC(=O)NC3=O)c(O)c2c1. The molecule has 4 rings (SSSR count). The molecule has 0 spiro atoms. The molecule has 0 saturated carbocycles. The Hall–Kier alpha value is -4.19. The first-order chi connectivity index (χ1) is 14.3. The van der Waals surface area contributed by atoms with E-state index in [4.69, 9.17) is 10.5 Å². The normalized spacial score (nSPS) is 17.9. The Kier molecular flexibility index (Phi) is 4.47. The molecule has 3 amide bonds. The maximum absolute atomic E-state index is 12.6. The van der Waals surface area contributed by atoms with Crippen molar-refractivity contribution in [1.29, 1.82) is 0 Å². The molecule has 0 aliphatic carbocycles. The Morgan fingerprint density at radius 1 is 1.30 bits per heavy atom. The van der Waals surface area contributed by atoms with Crippen molar-refractivity contribution in [2.45, 2.75) is 19.0 Å². The number of aromatic nitrogens is 2. The minimum Gasteiger partial charge on any atom is -0.497 e. The molecule has 0 bridgehead atoms. The number of hydrogen-bond acceptors (Lipinski definition) is 6. The number of aromatic hydroxyl groups is 1. The van der Waals surface area contributed by atoms with Crippen molar-refractivity contribution in [3.05, 3.63) is 47.8 Å². The first-order valence-corrected chi connectivity index (χ1v) is 9.07. The van der Waals surface area contributed by atoms with Gasteiger partial charge in [-0.1, -0.05) is 11.8 Å². The largest absolute Gasteiger partial charge is 0.497 e. The number of nitrogens with zero attached hydrogens (tertiary/aromatic N) is 2. The fraction of sp³-hybridized carbons (Fsp3) is 0.190. The van der Waals surface area contributed by atoms with E-state index in [2.05, 4.69) is 27.5 Å². The van der Waals surface area contributed by atoms with E-state index >= 15 is 0 Å². The van der Waals surface area contributed by atoms with E-state index in [0.29, 0.717) is 16.7 Å². The summed E-state index contributed by atoms with van der Waals surface area (Å²) < 4.78 is 6.66. The summed E-state index contributed by atoms with van der Waals surface area (Å²) in [5.74, 6) is 5.78. The number of carbonyl (C=O) groups excluding carboxylic acids is 2. The summed E-state index contributed by atoms with van der Waals surface area (Å²) in [6.45, 7) is 1.69. The lowest BCUT2D eigenvalue weighted by Crippen LogP contribution is -2.49. The van der Waals surface area contributed by atoms with Crippen LogP contribution >= 0.6 is 0 Å². The molecule has 3 aromatic rings. The Labute approximate surface area is 171 Å². The second-order valence-corrected chi connectivity index (χ2v) is 6.98. The number of benzene rings is 1. The highest BCUT2D eigenvalue weighted by Gasteiger charge is 2.46. The van der Waals surface area contributed by atoms with Crippen LogP contribution in [0, 0.1) is 18.8 Å². The lowest BCUT2D eigenvalue weighted by molar-refractivity contribution is -0.122. The summed E-state index contributed by atoms with van der Waals surface area (Å²) in [5, 5.41) is 16.8. The van der Waals surface area contributed by atoms with E-state index in [1.54, 1.807) is 43.5 Å². The molecular formula is C21H19N5O4. The maximum atomic E-state index is 12.6. The van der Waals surface area contributed by atoms with Crippen molar-refractivity contribution < 1.29 is 19.4 Å². The summed E-state index contributed by atoms with van der Waals surface area (Å²) in [6.07, 6.45) is 1.67. The number of aryl methyl sites for hydroxylation is 1. The quantitative estimate of drug-likeness (QED) is 0.383. The van der Waals surface area contributed by atoms with Gasteiger partial charge in [0.1, 0.15) is 11.6 Å². The van der Waals surface area contributed by atoms with E-state index in [-0.39, 0.29) is 18.2 Å². The zero-order valence-corrected chi connectivity index (χ0v) is 16.3. The topological polar surface area (TPSA) is 131 Å². The van der Waals surface area contributed by atoms with Crippen LogP contribution in [0.3, 0.4) is 0 Å². The molecule has 0 unspecified atom stereocenters. The Bertz CT molecular complexity index is 1250. The number of amides is 3. The number of methoxy groups -OCH3 is 1. The average Bonchev–Trinajstić information content (AvgIpc) is 3.16. The molecule has 1 saturated heterocycles. The third-order valence-electron chi connectivity index (χ3n) is 4.89. The fourth-order valence-electron chi connectivity index (χ4n) is 3.32. The van der Waals surface area contributed by atoms with Gasteiger partial charge >= 0.3 is 6.03 Å². The van der Waals surface area contributed by atoms with Crippen LogP contribution < -0.4 is 21.1 Å². The second kappa shape index (κ2) is 7.00. The Balaban J connectivity index is 1.77. The monoisotopic (exact) mass is 405 g/mol. The van der Waals surface area contributed by atoms with E-state index < -0.39 is 17.5 Å². The summed E-state index contributed by atoms with van der Waals surface area (Å²) in [4.78, 5) is 28.7. The number of nitrogens with one attached hydrogen (secondary N) is 2. The molecule has 30 heavy (non-hydrogen) atoms. The van der Waals surface area contributed by atoms with Crippen LogP contribution in [0.15, 0.2) is 36.5 Å². The average molecular weight is 405 g/mol. The van der Waals surface area contributed by atoms with Crippen LogP contribution in [0.1, 0.15) is 11.3 Å². The number of pyridine rings is 1. The first-order valence-electron chi connectivity index (χ1n) is 9.07. The van der Waals surface area contributed by atoms with Crippen LogP contribution in [0.25, 0.3) is 10.8 Å². The standard InChI is InChI=1S/C21H19N5O4/c1-12-3-4-13(17(22)23-12)7-8-21(19(28)24-20(29)25-21)11-26-10-14-5-6-15(30-2)9-16(14)18(26)27/h3-6,9-10,27H,11H2,1-2H3,(H2,22,23)(H2,24,25,28,29)/t21-/m1/s1. The molecule has 1 aromatic carbocycles. The zero-order valence-electron chi connectivity index (χ0n) is 16.3. The number of urea groups is 1. The number of fused-ring (bicyclic) bond motifs is 1. The number of rotatable bonds is 3. The van der Waals surface area contributed by atoms with Crippen LogP contribution in [0.4, 0.5) is 10.6 Å². The van der Waals surface area contributed by atoms with Crippen molar-refractivity contribution in [2.24, 2.45) is 0 Å². The van der Waals surface area contributed by atoms with E-state index in [0.717, 1.165) is 11.1 Å². The molecule has 0 radical (unpaired) electrons. The van der Waals surface area contributed by atoms with E-state index in [1.807, 2.05) is 0 Å². The second-order valence-electron chi connectivity index (χ2n) is 6.98. The van der Waals surface area contributed by atoms with Gasteiger partial charge in [-0.3, -0.25) is 10.1 Å². The smallest absolute Gasteiger partial charge is 0.323 e.